The van der Waals surface area contributed by atoms with Gasteiger partial charge in [-0.3, -0.25) is 0 Å². The van der Waals surface area contributed by atoms with Crippen LogP contribution < -0.4 is 10.5 Å². The highest BCUT2D eigenvalue weighted by Gasteiger charge is 2.24. The summed E-state index contributed by atoms with van der Waals surface area (Å²) >= 11 is 0. The quantitative estimate of drug-likeness (QED) is 0.901. The Labute approximate surface area is 114 Å². The molecule has 1 saturated carbocycles. The second-order valence-electron chi connectivity index (χ2n) is 5.27. The van der Waals surface area contributed by atoms with Crippen LogP contribution >= 0.6 is 0 Å². The Morgan fingerprint density at radius 3 is 2.79 bits per heavy atom. The summed E-state index contributed by atoms with van der Waals surface area (Å²) in [5.74, 6) is 1.50. The summed E-state index contributed by atoms with van der Waals surface area (Å²) < 4.78 is 5.79. The zero-order chi connectivity index (χ0) is 13.7. The van der Waals surface area contributed by atoms with Crippen LogP contribution in [0.4, 0.5) is 0 Å². The van der Waals surface area contributed by atoms with Crippen molar-refractivity contribution in [3.63, 3.8) is 0 Å². The zero-order valence-electron chi connectivity index (χ0n) is 11.4. The summed E-state index contributed by atoms with van der Waals surface area (Å²) in [6, 6.07) is 5.71. The Hall–Kier alpha value is -1.60. The molecule has 2 rings (SSSR count). The van der Waals surface area contributed by atoms with Gasteiger partial charge in [-0.2, -0.15) is 5.26 Å². The molecule has 2 atom stereocenters. The molecule has 102 valence electrons. The first-order valence-electron chi connectivity index (χ1n) is 6.95. The maximum Gasteiger partial charge on any atom is 0.231 e. The molecule has 0 aromatic carbocycles. The van der Waals surface area contributed by atoms with E-state index in [1.807, 2.05) is 13.0 Å². The van der Waals surface area contributed by atoms with E-state index in [9.17, 15) is 0 Å². The van der Waals surface area contributed by atoms with Crippen LogP contribution in [0.3, 0.4) is 0 Å². The van der Waals surface area contributed by atoms with Crippen LogP contribution in [-0.4, -0.2) is 18.1 Å². The van der Waals surface area contributed by atoms with Crippen molar-refractivity contribution < 1.29 is 4.74 Å². The molecule has 0 bridgehead atoms. The van der Waals surface area contributed by atoms with Crippen molar-refractivity contribution in [3.05, 3.63) is 23.4 Å². The van der Waals surface area contributed by atoms with Gasteiger partial charge in [0.15, 0.2) is 0 Å². The maximum atomic E-state index is 9.05. The highest BCUT2D eigenvalue weighted by atomic mass is 16.5. The number of nitrogens with zero attached hydrogens (tertiary/aromatic N) is 2. The van der Waals surface area contributed by atoms with E-state index in [1.165, 1.54) is 19.3 Å². The molecule has 0 radical (unpaired) electrons. The van der Waals surface area contributed by atoms with Gasteiger partial charge in [0.1, 0.15) is 11.6 Å². The van der Waals surface area contributed by atoms with Crippen LogP contribution in [0.2, 0.25) is 0 Å². The summed E-state index contributed by atoms with van der Waals surface area (Å²) in [5, 5.41) is 9.05. The Balaban J connectivity index is 2.01. The molecule has 0 aliphatic heterocycles. The largest absolute Gasteiger partial charge is 0.476 e. The molecule has 4 nitrogen and oxygen atoms in total. The third kappa shape index (κ3) is 3.45. The monoisotopic (exact) mass is 259 g/mol. The van der Waals surface area contributed by atoms with Gasteiger partial charge in [-0.25, -0.2) is 4.98 Å². The third-order valence-electron chi connectivity index (χ3n) is 3.92. The fourth-order valence-electron chi connectivity index (χ4n) is 2.73. The van der Waals surface area contributed by atoms with Gasteiger partial charge in [0.05, 0.1) is 6.61 Å². The van der Waals surface area contributed by atoms with Crippen LogP contribution in [0.5, 0.6) is 5.88 Å². The first kappa shape index (κ1) is 13.8. The summed E-state index contributed by atoms with van der Waals surface area (Å²) in [6.07, 6.45) is 4.87. The number of hydrogen-bond donors (Lipinski definition) is 1. The molecule has 1 aromatic heterocycles. The standard InChI is InChI=1S/C15H21N3O/c1-11-6-7-13(9-17)15(18-11)19-10-14-5-3-2-4-12(14)8-16/h6-7,12,14H,2-5,8,10,16H2,1H3. The lowest BCUT2D eigenvalue weighted by Gasteiger charge is -2.30. The van der Waals surface area contributed by atoms with E-state index in [0.29, 0.717) is 29.9 Å². The molecule has 4 heteroatoms. The van der Waals surface area contributed by atoms with Gasteiger partial charge >= 0.3 is 0 Å². The van der Waals surface area contributed by atoms with Gasteiger partial charge in [0, 0.05) is 5.69 Å². The Morgan fingerprint density at radius 2 is 2.11 bits per heavy atom. The minimum absolute atomic E-state index is 0.462. The molecule has 0 amide bonds. The van der Waals surface area contributed by atoms with E-state index in [0.717, 1.165) is 18.7 Å². The number of ether oxygens (including phenoxy) is 1. The summed E-state index contributed by atoms with van der Waals surface area (Å²) in [5.41, 5.74) is 7.19. The lowest BCUT2D eigenvalue weighted by Crippen LogP contribution is -2.31. The number of nitrogens with two attached hydrogens (primary N) is 1. The normalized spacial score (nSPS) is 22.8. The number of nitriles is 1. The lowest BCUT2D eigenvalue weighted by atomic mass is 9.80. The summed E-state index contributed by atoms with van der Waals surface area (Å²) in [7, 11) is 0. The molecule has 1 aromatic rings. The fourth-order valence-corrected chi connectivity index (χ4v) is 2.73. The average molecular weight is 259 g/mol. The van der Waals surface area contributed by atoms with Crippen LogP contribution in [0, 0.1) is 30.1 Å². The van der Waals surface area contributed by atoms with Gasteiger partial charge in [0.2, 0.25) is 5.88 Å². The smallest absolute Gasteiger partial charge is 0.231 e. The van der Waals surface area contributed by atoms with Gasteiger partial charge < -0.3 is 10.5 Å². The van der Waals surface area contributed by atoms with E-state index in [2.05, 4.69) is 11.1 Å². The van der Waals surface area contributed by atoms with Crippen LogP contribution in [0.25, 0.3) is 0 Å². The van der Waals surface area contributed by atoms with E-state index in [1.54, 1.807) is 6.07 Å². The molecule has 0 spiro atoms. The molecule has 1 aliphatic rings. The zero-order valence-corrected chi connectivity index (χ0v) is 11.4. The van der Waals surface area contributed by atoms with Crippen LogP contribution in [-0.2, 0) is 0 Å². The maximum absolute atomic E-state index is 9.05. The second kappa shape index (κ2) is 6.53. The Bertz CT molecular complexity index is 467. The number of pyridine rings is 1. The molecule has 2 unspecified atom stereocenters. The second-order valence-corrected chi connectivity index (χ2v) is 5.27. The van der Waals surface area contributed by atoms with Gasteiger partial charge in [0.25, 0.3) is 0 Å². The van der Waals surface area contributed by atoms with Crippen LogP contribution in [0.1, 0.15) is 36.9 Å². The molecule has 1 fully saturated rings. The lowest BCUT2D eigenvalue weighted by molar-refractivity contribution is 0.149. The third-order valence-corrected chi connectivity index (χ3v) is 3.92. The van der Waals surface area contributed by atoms with Gasteiger partial charge in [-0.15, -0.1) is 0 Å². The number of aryl methyl sites for hydroxylation is 1. The molecule has 2 N–H and O–H groups in total. The highest BCUT2D eigenvalue weighted by molar-refractivity contribution is 5.38. The predicted molar refractivity (Wildman–Crippen MR) is 73.7 cm³/mol. The molecule has 19 heavy (non-hydrogen) atoms. The summed E-state index contributed by atoms with van der Waals surface area (Å²) in [6.45, 7) is 3.24. The first-order chi connectivity index (χ1) is 9.24. The number of hydrogen-bond acceptors (Lipinski definition) is 4. The van der Waals surface area contributed by atoms with Crippen LogP contribution in [0.15, 0.2) is 12.1 Å². The van der Waals surface area contributed by atoms with Crippen molar-refractivity contribution in [2.75, 3.05) is 13.2 Å². The van der Waals surface area contributed by atoms with E-state index in [4.69, 9.17) is 15.7 Å². The van der Waals surface area contributed by atoms with Crippen molar-refractivity contribution >= 4 is 0 Å². The van der Waals surface area contributed by atoms with E-state index in [-0.39, 0.29) is 0 Å². The van der Waals surface area contributed by atoms with Crippen molar-refractivity contribution in [2.24, 2.45) is 17.6 Å². The Kier molecular flexibility index (Phi) is 4.75. The number of rotatable bonds is 4. The average Bonchev–Trinajstić information content (AvgIpc) is 2.45. The Morgan fingerprint density at radius 1 is 1.37 bits per heavy atom. The molecular weight excluding hydrogens is 238 g/mol. The highest BCUT2D eigenvalue weighted by Crippen LogP contribution is 2.30. The van der Waals surface area contributed by atoms with E-state index < -0.39 is 0 Å². The van der Waals surface area contributed by atoms with Crippen molar-refractivity contribution in [3.8, 4) is 11.9 Å². The minimum atomic E-state index is 0.462. The molecule has 1 aliphatic carbocycles. The number of aromatic nitrogens is 1. The van der Waals surface area contributed by atoms with Crippen molar-refractivity contribution in [1.29, 1.82) is 5.26 Å². The van der Waals surface area contributed by atoms with Crippen molar-refractivity contribution in [1.82, 2.24) is 4.98 Å². The molecule has 1 heterocycles. The van der Waals surface area contributed by atoms with Crippen molar-refractivity contribution in [2.45, 2.75) is 32.6 Å². The topological polar surface area (TPSA) is 71.9 Å². The first-order valence-corrected chi connectivity index (χ1v) is 6.95. The predicted octanol–water partition coefficient (Wildman–Crippen LogP) is 2.41. The molecular formula is C15H21N3O. The van der Waals surface area contributed by atoms with Gasteiger partial charge in [-0.05, 0) is 50.3 Å². The summed E-state index contributed by atoms with van der Waals surface area (Å²) in [4.78, 5) is 4.30. The SMILES string of the molecule is Cc1ccc(C#N)c(OCC2CCCCC2CN)n1. The molecule has 0 saturated heterocycles. The fraction of sp³-hybridized carbons (Fsp3) is 0.600. The van der Waals surface area contributed by atoms with Gasteiger partial charge in [-0.1, -0.05) is 12.8 Å². The van der Waals surface area contributed by atoms with E-state index >= 15 is 0 Å². The minimum Gasteiger partial charge on any atom is -0.476 e.